The fourth-order valence-corrected chi connectivity index (χ4v) is 2.85. The molecule has 0 atom stereocenters. The molecule has 1 aliphatic rings. The van der Waals surface area contributed by atoms with E-state index in [4.69, 9.17) is 9.15 Å². The van der Waals surface area contributed by atoms with Gasteiger partial charge in [-0.05, 0) is 42.8 Å². The van der Waals surface area contributed by atoms with Gasteiger partial charge in [-0.2, -0.15) is 0 Å². The van der Waals surface area contributed by atoms with Gasteiger partial charge in [-0.1, -0.05) is 6.07 Å². The molecule has 3 rings (SSSR count). The molecule has 0 spiro atoms. The van der Waals surface area contributed by atoms with Crippen LogP contribution in [0, 0.1) is 6.92 Å². The average molecular weight is 291 g/mol. The Hall–Kier alpha value is -1.10. The lowest BCUT2D eigenvalue weighted by atomic mass is 10.2. The molecule has 108 valence electrons. The minimum absolute atomic E-state index is 0.565. The lowest BCUT2D eigenvalue weighted by Crippen LogP contribution is -2.15. The Labute approximate surface area is 124 Å². The average Bonchev–Trinajstić information content (AvgIpc) is 2.99. The second-order valence-corrected chi connectivity index (χ2v) is 6.39. The summed E-state index contributed by atoms with van der Waals surface area (Å²) in [4.78, 5) is 1.37. The molecule has 0 aromatic carbocycles. The largest absolute Gasteiger partial charge is 0.462 e. The second kappa shape index (κ2) is 6.57. The number of hydrogen-bond acceptors (Lipinski definition) is 4. The van der Waals surface area contributed by atoms with Crippen LogP contribution >= 0.6 is 11.3 Å². The summed E-state index contributed by atoms with van der Waals surface area (Å²) in [6.07, 6.45) is 3.59. The standard InChI is InChI=1S/C16H21NO2S/c1-12-9-14(19-16(12)10-17-13-4-5-13)11-18-7-6-15-3-2-8-20-15/h2-3,8-9,13,17H,4-7,10-11H2,1H3. The summed E-state index contributed by atoms with van der Waals surface area (Å²) in [6.45, 7) is 4.25. The molecular formula is C16H21NO2S. The minimum atomic E-state index is 0.565. The van der Waals surface area contributed by atoms with Crippen molar-refractivity contribution in [1.82, 2.24) is 5.32 Å². The molecule has 20 heavy (non-hydrogen) atoms. The predicted molar refractivity (Wildman–Crippen MR) is 81.0 cm³/mol. The van der Waals surface area contributed by atoms with Crippen LogP contribution in [-0.2, 0) is 24.3 Å². The lowest BCUT2D eigenvalue weighted by Gasteiger charge is -2.02. The monoisotopic (exact) mass is 291 g/mol. The molecule has 0 radical (unpaired) electrons. The van der Waals surface area contributed by atoms with E-state index in [9.17, 15) is 0 Å². The van der Waals surface area contributed by atoms with E-state index in [1.54, 1.807) is 11.3 Å². The third-order valence-corrected chi connectivity index (χ3v) is 4.45. The maximum atomic E-state index is 5.84. The van der Waals surface area contributed by atoms with E-state index in [1.165, 1.54) is 23.3 Å². The second-order valence-electron chi connectivity index (χ2n) is 5.36. The summed E-state index contributed by atoms with van der Waals surface area (Å²) in [5.74, 6) is 1.98. The van der Waals surface area contributed by atoms with Gasteiger partial charge in [0.05, 0.1) is 13.2 Å². The Morgan fingerprint density at radius 3 is 3.10 bits per heavy atom. The number of ether oxygens (including phenoxy) is 1. The highest BCUT2D eigenvalue weighted by molar-refractivity contribution is 7.09. The highest BCUT2D eigenvalue weighted by Crippen LogP contribution is 2.21. The molecule has 0 saturated heterocycles. The van der Waals surface area contributed by atoms with Crippen molar-refractivity contribution in [3.63, 3.8) is 0 Å². The molecule has 2 aromatic rings. The van der Waals surface area contributed by atoms with E-state index >= 15 is 0 Å². The Morgan fingerprint density at radius 1 is 1.45 bits per heavy atom. The van der Waals surface area contributed by atoms with Crippen molar-refractivity contribution in [2.75, 3.05) is 6.61 Å². The van der Waals surface area contributed by atoms with Crippen LogP contribution in [0.2, 0.25) is 0 Å². The summed E-state index contributed by atoms with van der Waals surface area (Å²) in [5, 5.41) is 5.58. The lowest BCUT2D eigenvalue weighted by molar-refractivity contribution is 0.108. The summed E-state index contributed by atoms with van der Waals surface area (Å²) < 4.78 is 11.5. The van der Waals surface area contributed by atoms with Crippen molar-refractivity contribution in [2.45, 2.75) is 45.4 Å². The molecule has 0 amide bonds. The normalized spacial score (nSPS) is 14.8. The van der Waals surface area contributed by atoms with Gasteiger partial charge in [-0.25, -0.2) is 0 Å². The van der Waals surface area contributed by atoms with Crippen LogP contribution in [-0.4, -0.2) is 12.6 Å². The van der Waals surface area contributed by atoms with Crippen molar-refractivity contribution in [1.29, 1.82) is 0 Å². The Bertz CT molecular complexity index is 529. The molecule has 1 saturated carbocycles. The van der Waals surface area contributed by atoms with Crippen LogP contribution in [0.15, 0.2) is 28.0 Å². The van der Waals surface area contributed by atoms with E-state index in [2.05, 4.69) is 35.8 Å². The fourth-order valence-electron chi connectivity index (χ4n) is 2.16. The summed E-state index contributed by atoms with van der Waals surface area (Å²) in [7, 11) is 0. The van der Waals surface area contributed by atoms with Gasteiger partial charge in [-0.15, -0.1) is 11.3 Å². The van der Waals surface area contributed by atoms with Gasteiger partial charge in [0.25, 0.3) is 0 Å². The minimum Gasteiger partial charge on any atom is -0.462 e. The van der Waals surface area contributed by atoms with Crippen molar-refractivity contribution < 1.29 is 9.15 Å². The number of nitrogens with one attached hydrogen (secondary N) is 1. The SMILES string of the molecule is Cc1cc(COCCc2cccs2)oc1CNC1CC1. The molecule has 2 heterocycles. The van der Waals surface area contributed by atoms with Crippen molar-refractivity contribution >= 4 is 11.3 Å². The van der Waals surface area contributed by atoms with Crippen molar-refractivity contribution in [3.05, 3.63) is 45.5 Å². The van der Waals surface area contributed by atoms with E-state index in [1.807, 2.05) is 0 Å². The Balaban J connectivity index is 1.41. The van der Waals surface area contributed by atoms with Crippen LogP contribution < -0.4 is 5.32 Å². The highest BCUT2D eigenvalue weighted by atomic mass is 32.1. The predicted octanol–water partition coefficient (Wildman–Crippen LogP) is 3.66. The maximum Gasteiger partial charge on any atom is 0.130 e. The first-order chi connectivity index (χ1) is 9.81. The van der Waals surface area contributed by atoms with Gasteiger partial charge < -0.3 is 14.5 Å². The number of rotatable bonds is 8. The fraction of sp³-hybridized carbons (Fsp3) is 0.500. The first-order valence-corrected chi connectivity index (χ1v) is 8.11. The molecule has 0 bridgehead atoms. The zero-order valence-electron chi connectivity index (χ0n) is 11.9. The molecule has 1 aliphatic carbocycles. The van der Waals surface area contributed by atoms with Gasteiger partial charge in [0.2, 0.25) is 0 Å². The van der Waals surface area contributed by atoms with Crippen LogP contribution in [0.3, 0.4) is 0 Å². The topological polar surface area (TPSA) is 34.4 Å². The van der Waals surface area contributed by atoms with Gasteiger partial charge >= 0.3 is 0 Å². The van der Waals surface area contributed by atoms with E-state index in [0.717, 1.165) is 31.1 Å². The number of aryl methyl sites for hydroxylation is 1. The molecule has 0 unspecified atom stereocenters. The van der Waals surface area contributed by atoms with Crippen molar-refractivity contribution in [2.24, 2.45) is 0 Å². The number of furan rings is 1. The summed E-state index contributed by atoms with van der Waals surface area (Å²) in [6, 6.07) is 7.03. The molecule has 1 N–H and O–H groups in total. The van der Waals surface area contributed by atoms with Crippen LogP contribution in [0.25, 0.3) is 0 Å². The molecule has 2 aromatic heterocycles. The van der Waals surface area contributed by atoms with E-state index in [0.29, 0.717) is 12.6 Å². The van der Waals surface area contributed by atoms with Gasteiger partial charge in [0.1, 0.15) is 18.1 Å². The van der Waals surface area contributed by atoms with Gasteiger partial charge in [-0.3, -0.25) is 0 Å². The highest BCUT2D eigenvalue weighted by Gasteiger charge is 2.21. The zero-order chi connectivity index (χ0) is 13.8. The van der Waals surface area contributed by atoms with Crippen LogP contribution in [0.5, 0.6) is 0 Å². The Kier molecular flexibility index (Phi) is 4.55. The van der Waals surface area contributed by atoms with Gasteiger partial charge in [0.15, 0.2) is 0 Å². The van der Waals surface area contributed by atoms with E-state index in [-0.39, 0.29) is 0 Å². The first kappa shape index (κ1) is 13.9. The zero-order valence-corrected chi connectivity index (χ0v) is 12.7. The number of thiophene rings is 1. The van der Waals surface area contributed by atoms with Crippen molar-refractivity contribution in [3.8, 4) is 0 Å². The smallest absolute Gasteiger partial charge is 0.130 e. The van der Waals surface area contributed by atoms with E-state index < -0.39 is 0 Å². The molecule has 3 nitrogen and oxygen atoms in total. The molecule has 0 aliphatic heterocycles. The Morgan fingerprint density at radius 2 is 2.35 bits per heavy atom. The molecule has 1 fully saturated rings. The third-order valence-electron chi connectivity index (χ3n) is 3.52. The number of hydrogen-bond donors (Lipinski definition) is 1. The molecular weight excluding hydrogens is 270 g/mol. The van der Waals surface area contributed by atoms with Crippen LogP contribution in [0.1, 0.15) is 34.8 Å². The first-order valence-electron chi connectivity index (χ1n) is 7.23. The maximum absolute atomic E-state index is 5.84. The summed E-state index contributed by atoms with van der Waals surface area (Å²) in [5.41, 5.74) is 1.22. The summed E-state index contributed by atoms with van der Waals surface area (Å²) >= 11 is 1.78. The van der Waals surface area contributed by atoms with Crippen LogP contribution in [0.4, 0.5) is 0 Å². The van der Waals surface area contributed by atoms with Gasteiger partial charge in [0, 0.05) is 17.3 Å². The third kappa shape index (κ3) is 3.95. The molecule has 4 heteroatoms. The quantitative estimate of drug-likeness (QED) is 0.754.